The van der Waals surface area contributed by atoms with E-state index < -0.39 is 10.0 Å². The quantitative estimate of drug-likeness (QED) is 0.598. The standard InChI is InChI=1S/C24H29ClN2O4S/c1-17(2)19-5-3-18(4-6-19)16-27(21-8-9-21)24(28)20-7-10-22(25)23(15-20)32(29,30)26-11-13-31-14-12-26/h3-7,10,15,17,21H,8-9,11-14,16H2,1-2H3. The lowest BCUT2D eigenvalue weighted by Crippen LogP contribution is -2.40. The summed E-state index contributed by atoms with van der Waals surface area (Å²) in [6.07, 6.45) is 1.92. The Kier molecular flexibility index (Phi) is 6.91. The molecule has 2 aliphatic rings. The minimum atomic E-state index is -3.80. The lowest BCUT2D eigenvalue weighted by Gasteiger charge is -2.27. The second-order valence-electron chi connectivity index (χ2n) is 8.72. The van der Waals surface area contributed by atoms with Gasteiger partial charge in [-0.15, -0.1) is 0 Å². The Labute approximate surface area is 195 Å². The monoisotopic (exact) mass is 476 g/mol. The molecule has 4 rings (SSSR count). The van der Waals surface area contributed by atoms with Crippen molar-refractivity contribution in [2.24, 2.45) is 0 Å². The molecule has 0 spiro atoms. The Balaban J connectivity index is 1.59. The highest BCUT2D eigenvalue weighted by Gasteiger charge is 2.34. The first-order valence-electron chi connectivity index (χ1n) is 11.0. The molecule has 6 nitrogen and oxygen atoms in total. The molecule has 0 N–H and O–H groups in total. The number of hydrogen-bond acceptors (Lipinski definition) is 4. The number of carbonyl (C=O) groups excluding carboxylic acids is 1. The molecule has 0 aromatic heterocycles. The maximum atomic E-state index is 13.4. The predicted octanol–water partition coefficient (Wildman–Crippen LogP) is 4.29. The van der Waals surface area contributed by atoms with Gasteiger partial charge in [0, 0.05) is 31.2 Å². The minimum Gasteiger partial charge on any atom is -0.379 e. The van der Waals surface area contributed by atoms with Gasteiger partial charge in [-0.1, -0.05) is 49.7 Å². The van der Waals surface area contributed by atoms with Gasteiger partial charge in [-0.3, -0.25) is 4.79 Å². The van der Waals surface area contributed by atoms with E-state index in [1.165, 1.54) is 22.0 Å². The molecule has 2 aromatic rings. The maximum absolute atomic E-state index is 13.4. The van der Waals surface area contributed by atoms with E-state index in [4.69, 9.17) is 16.3 Å². The van der Waals surface area contributed by atoms with Crippen molar-refractivity contribution in [2.75, 3.05) is 26.3 Å². The van der Waals surface area contributed by atoms with Crippen molar-refractivity contribution >= 4 is 27.5 Å². The fraction of sp³-hybridized carbons (Fsp3) is 0.458. The number of sulfonamides is 1. The van der Waals surface area contributed by atoms with Crippen molar-refractivity contribution < 1.29 is 17.9 Å². The third kappa shape index (κ3) is 5.01. The molecule has 1 saturated carbocycles. The third-order valence-electron chi connectivity index (χ3n) is 6.01. The molecule has 0 unspecified atom stereocenters. The molecule has 2 aromatic carbocycles. The van der Waals surface area contributed by atoms with E-state index >= 15 is 0 Å². The predicted molar refractivity (Wildman–Crippen MR) is 124 cm³/mol. The number of benzene rings is 2. The van der Waals surface area contributed by atoms with Gasteiger partial charge in [-0.05, 0) is 48.1 Å². The van der Waals surface area contributed by atoms with E-state index in [2.05, 4.69) is 38.1 Å². The maximum Gasteiger partial charge on any atom is 0.254 e. The first kappa shape index (κ1) is 23.2. The molecule has 32 heavy (non-hydrogen) atoms. The van der Waals surface area contributed by atoms with Gasteiger partial charge < -0.3 is 9.64 Å². The van der Waals surface area contributed by atoms with Crippen molar-refractivity contribution in [1.82, 2.24) is 9.21 Å². The Morgan fingerprint density at radius 2 is 1.78 bits per heavy atom. The fourth-order valence-electron chi connectivity index (χ4n) is 3.88. The van der Waals surface area contributed by atoms with Crippen molar-refractivity contribution in [3.63, 3.8) is 0 Å². The van der Waals surface area contributed by atoms with E-state index in [1.807, 2.05) is 4.90 Å². The largest absolute Gasteiger partial charge is 0.379 e. The van der Waals surface area contributed by atoms with Crippen LogP contribution in [0.2, 0.25) is 5.02 Å². The molecule has 1 amide bonds. The summed E-state index contributed by atoms with van der Waals surface area (Å²) in [6.45, 7) is 6.04. The first-order chi connectivity index (χ1) is 15.3. The van der Waals surface area contributed by atoms with Crippen LogP contribution in [0.15, 0.2) is 47.4 Å². The fourth-order valence-corrected chi connectivity index (χ4v) is 5.79. The van der Waals surface area contributed by atoms with Gasteiger partial charge >= 0.3 is 0 Å². The summed E-state index contributed by atoms with van der Waals surface area (Å²) >= 11 is 6.27. The van der Waals surface area contributed by atoms with Crippen LogP contribution >= 0.6 is 11.6 Å². The van der Waals surface area contributed by atoms with Crippen LogP contribution in [0, 0.1) is 0 Å². The minimum absolute atomic E-state index is 0.0241. The number of carbonyl (C=O) groups is 1. The van der Waals surface area contributed by atoms with E-state index in [9.17, 15) is 13.2 Å². The van der Waals surface area contributed by atoms with Crippen LogP contribution in [0.5, 0.6) is 0 Å². The lowest BCUT2D eigenvalue weighted by molar-refractivity contribution is 0.0725. The summed E-state index contributed by atoms with van der Waals surface area (Å²) in [5.74, 6) is 0.279. The SMILES string of the molecule is CC(C)c1ccc(CN(C(=O)c2ccc(Cl)c(S(=O)(=O)N3CCOCC3)c2)C2CC2)cc1. The average molecular weight is 477 g/mol. The molecule has 1 heterocycles. The number of amides is 1. The Bertz CT molecular complexity index is 1080. The number of rotatable bonds is 7. The van der Waals surface area contributed by atoms with Gasteiger partial charge in [-0.2, -0.15) is 4.31 Å². The number of halogens is 1. The van der Waals surface area contributed by atoms with Crippen molar-refractivity contribution in [2.45, 2.75) is 50.1 Å². The molecule has 2 fully saturated rings. The van der Waals surface area contributed by atoms with Crippen LogP contribution < -0.4 is 0 Å². The molecule has 1 saturated heterocycles. The van der Waals surface area contributed by atoms with Crippen LogP contribution in [0.4, 0.5) is 0 Å². The zero-order valence-corrected chi connectivity index (χ0v) is 20.0. The van der Waals surface area contributed by atoms with E-state index in [1.54, 1.807) is 6.07 Å². The third-order valence-corrected chi connectivity index (χ3v) is 8.39. The van der Waals surface area contributed by atoms with Gasteiger partial charge in [0.1, 0.15) is 4.90 Å². The van der Waals surface area contributed by atoms with Gasteiger partial charge in [-0.25, -0.2) is 8.42 Å². The summed E-state index contributed by atoms with van der Waals surface area (Å²) < 4.78 is 32.9. The average Bonchev–Trinajstić information content (AvgIpc) is 3.63. The molecular weight excluding hydrogens is 448 g/mol. The van der Waals surface area contributed by atoms with Crippen LogP contribution in [-0.2, 0) is 21.3 Å². The Morgan fingerprint density at radius 1 is 1.12 bits per heavy atom. The molecule has 8 heteroatoms. The number of morpholine rings is 1. The molecule has 1 aliphatic carbocycles. The highest BCUT2D eigenvalue weighted by atomic mass is 35.5. The molecule has 172 valence electrons. The van der Waals surface area contributed by atoms with Crippen LogP contribution in [0.25, 0.3) is 0 Å². The lowest BCUT2D eigenvalue weighted by atomic mass is 10.0. The van der Waals surface area contributed by atoms with Crippen molar-refractivity contribution in [3.05, 3.63) is 64.2 Å². The normalized spacial score (nSPS) is 17.5. The van der Waals surface area contributed by atoms with Crippen molar-refractivity contribution in [1.29, 1.82) is 0 Å². The second-order valence-corrected chi connectivity index (χ2v) is 11.0. The summed E-state index contributed by atoms with van der Waals surface area (Å²) in [7, 11) is -3.80. The summed E-state index contributed by atoms with van der Waals surface area (Å²) in [6, 6.07) is 13.1. The molecule has 0 bridgehead atoms. The Hall–Kier alpha value is -1.93. The van der Waals surface area contributed by atoms with E-state index in [0.29, 0.717) is 31.2 Å². The molecular formula is C24H29ClN2O4S. The molecule has 0 atom stereocenters. The molecule has 1 aliphatic heterocycles. The van der Waals surface area contributed by atoms with Crippen LogP contribution in [0.3, 0.4) is 0 Å². The van der Waals surface area contributed by atoms with Crippen molar-refractivity contribution in [3.8, 4) is 0 Å². The zero-order chi connectivity index (χ0) is 22.9. The van der Waals surface area contributed by atoms with Gasteiger partial charge in [0.15, 0.2) is 0 Å². The second kappa shape index (κ2) is 9.51. The smallest absolute Gasteiger partial charge is 0.254 e. The number of hydrogen-bond donors (Lipinski definition) is 0. The topological polar surface area (TPSA) is 66.9 Å². The highest BCUT2D eigenvalue weighted by Crippen LogP contribution is 2.32. The van der Waals surface area contributed by atoms with E-state index in [-0.39, 0.29) is 35.0 Å². The van der Waals surface area contributed by atoms with Crippen LogP contribution in [-0.4, -0.2) is 55.9 Å². The Morgan fingerprint density at radius 3 is 2.38 bits per heavy atom. The number of ether oxygens (including phenoxy) is 1. The molecule has 0 radical (unpaired) electrons. The van der Waals surface area contributed by atoms with Crippen LogP contribution in [0.1, 0.15) is 54.1 Å². The van der Waals surface area contributed by atoms with Gasteiger partial charge in [0.25, 0.3) is 5.91 Å². The summed E-state index contributed by atoms with van der Waals surface area (Å²) in [4.78, 5) is 15.2. The van der Waals surface area contributed by atoms with Gasteiger partial charge in [0.2, 0.25) is 10.0 Å². The van der Waals surface area contributed by atoms with Gasteiger partial charge in [0.05, 0.1) is 18.2 Å². The van der Waals surface area contributed by atoms with E-state index in [0.717, 1.165) is 18.4 Å². The highest BCUT2D eigenvalue weighted by molar-refractivity contribution is 7.89. The summed E-state index contributed by atoms with van der Waals surface area (Å²) in [5, 5.41) is 0.121. The first-order valence-corrected chi connectivity index (χ1v) is 12.9. The zero-order valence-electron chi connectivity index (χ0n) is 18.5. The number of nitrogens with zero attached hydrogens (tertiary/aromatic N) is 2. The summed E-state index contributed by atoms with van der Waals surface area (Å²) in [5.41, 5.74) is 2.66.